The molecule has 0 aliphatic rings. The van der Waals surface area contributed by atoms with Gasteiger partial charge in [-0.3, -0.25) is 4.98 Å². The summed E-state index contributed by atoms with van der Waals surface area (Å²) in [7, 11) is -1.24. The van der Waals surface area contributed by atoms with Gasteiger partial charge in [-0.15, -0.1) is 0 Å². The molecule has 0 aromatic carbocycles. The van der Waals surface area contributed by atoms with Crippen molar-refractivity contribution in [1.82, 2.24) is 4.98 Å². The molecule has 0 radical (unpaired) electrons. The largest absolute Gasteiger partial charge is 0.254 e. The molecule has 0 aliphatic heterocycles. The quantitative estimate of drug-likeness (QED) is 0.788. The van der Waals surface area contributed by atoms with E-state index in [1.165, 1.54) is 0 Å². The molecule has 0 saturated carbocycles. The molecule has 0 N–H and O–H groups in total. The highest BCUT2D eigenvalue weighted by atomic mass is 79.9. The highest BCUT2D eigenvalue weighted by Crippen LogP contribution is 2.16. The standard InChI is InChI=1S/C11H15BrN2OS/c1-8-5-9(12)10(13-6-8)7-14-16(15)11(2,3)4/h5-7H,1-4H3/b14-7-/t16-/m0/s1. The number of hydrogen-bond donors (Lipinski definition) is 0. The van der Waals surface area contributed by atoms with Crippen molar-refractivity contribution < 1.29 is 4.21 Å². The number of nitrogens with zero attached hydrogens (tertiary/aromatic N) is 2. The topological polar surface area (TPSA) is 42.3 Å². The third-order valence-corrected chi connectivity index (χ3v) is 3.78. The number of rotatable bonds is 2. The van der Waals surface area contributed by atoms with Gasteiger partial charge in [0.05, 0.1) is 16.7 Å². The highest BCUT2D eigenvalue weighted by Gasteiger charge is 2.18. The summed E-state index contributed by atoms with van der Waals surface area (Å²) in [5, 5.41) is 0. The molecule has 1 aromatic rings. The number of aromatic nitrogens is 1. The van der Waals surface area contributed by atoms with Crippen LogP contribution in [0.5, 0.6) is 0 Å². The molecule has 0 bridgehead atoms. The fourth-order valence-electron chi connectivity index (χ4n) is 0.895. The summed E-state index contributed by atoms with van der Waals surface area (Å²) in [6.07, 6.45) is 3.30. The van der Waals surface area contributed by atoms with Crippen LogP contribution >= 0.6 is 15.9 Å². The van der Waals surface area contributed by atoms with Crippen LogP contribution < -0.4 is 0 Å². The van der Waals surface area contributed by atoms with E-state index in [0.717, 1.165) is 10.0 Å². The van der Waals surface area contributed by atoms with Gasteiger partial charge in [-0.25, -0.2) is 4.21 Å². The molecule has 1 rings (SSSR count). The lowest BCUT2D eigenvalue weighted by Crippen LogP contribution is -2.19. The van der Waals surface area contributed by atoms with Gasteiger partial charge in [0.1, 0.15) is 11.0 Å². The predicted octanol–water partition coefficient (Wildman–Crippen LogP) is 3.03. The van der Waals surface area contributed by atoms with E-state index < -0.39 is 11.0 Å². The Morgan fingerprint density at radius 3 is 2.62 bits per heavy atom. The molecule has 0 unspecified atom stereocenters. The molecule has 16 heavy (non-hydrogen) atoms. The van der Waals surface area contributed by atoms with E-state index in [1.54, 1.807) is 12.4 Å². The van der Waals surface area contributed by atoms with Crippen molar-refractivity contribution in [2.75, 3.05) is 0 Å². The fraction of sp³-hybridized carbons (Fsp3) is 0.455. The normalized spacial score (nSPS) is 14.3. The van der Waals surface area contributed by atoms with Crippen molar-refractivity contribution in [2.24, 2.45) is 4.40 Å². The maximum Gasteiger partial charge on any atom is 0.144 e. The Kier molecular flexibility index (Phi) is 4.38. The Morgan fingerprint density at radius 1 is 1.50 bits per heavy atom. The zero-order valence-electron chi connectivity index (χ0n) is 9.82. The Balaban J connectivity index is 2.89. The zero-order valence-corrected chi connectivity index (χ0v) is 12.2. The summed E-state index contributed by atoms with van der Waals surface area (Å²) in [5.41, 5.74) is 1.77. The van der Waals surface area contributed by atoms with Crippen LogP contribution in [0.15, 0.2) is 21.1 Å². The van der Waals surface area contributed by atoms with Gasteiger partial charge in [0.2, 0.25) is 0 Å². The fourth-order valence-corrected chi connectivity index (χ4v) is 1.97. The van der Waals surface area contributed by atoms with Crippen LogP contribution in [-0.4, -0.2) is 20.2 Å². The molecule has 3 nitrogen and oxygen atoms in total. The van der Waals surface area contributed by atoms with E-state index in [-0.39, 0.29) is 4.75 Å². The van der Waals surface area contributed by atoms with Gasteiger partial charge in [0.15, 0.2) is 0 Å². The predicted molar refractivity (Wildman–Crippen MR) is 72.2 cm³/mol. The highest BCUT2D eigenvalue weighted by molar-refractivity contribution is 9.10. The zero-order chi connectivity index (χ0) is 12.3. The first-order valence-corrected chi connectivity index (χ1v) is 6.79. The van der Waals surface area contributed by atoms with Crippen LogP contribution in [0.2, 0.25) is 0 Å². The van der Waals surface area contributed by atoms with Crippen molar-refractivity contribution in [3.8, 4) is 0 Å². The monoisotopic (exact) mass is 302 g/mol. The third-order valence-electron chi connectivity index (χ3n) is 1.80. The van der Waals surface area contributed by atoms with Gasteiger partial charge in [-0.05, 0) is 55.3 Å². The van der Waals surface area contributed by atoms with Crippen molar-refractivity contribution in [3.05, 3.63) is 28.0 Å². The second-order valence-electron chi connectivity index (χ2n) is 4.48. The Morgan fingerprint density at radius 2 is 2.12 bits per heavy atom. The van der Waals surface area contributed by atoms with Crippen LogP contribution in [0.25, 0.3) is 0 Å². The molecule has 1 atom stereocenters. The van der Waals surface area contributed by atoms with E-state index in [9.17, 15) is 4.21 Å². The van der Waals surface area contributed by atoms with E-state index in [4.69, 9.17) is 0 Å². The van der Waals surface area contributed by atoms with Gasteiger partial charge < -0.3 is 0 Å². The lowest BCUT2D eigenvalue weighted by atomic mass is 10.3. The maximum atomic E-state index is 11.7. The average Bonchev–Trinajstić information content (AvgIpc) is 2.14. The van der Waals surface area contributed by atoms with Crippen LogP contribution in [-0.2, 0) is 11.0 Å². The summed E-state index contributed by atoms with van der Waals surface area (Å²) in [5.74, 6) is 0. The molecular formula is C11H15BrN2OS. The minimum Gasteiger partial charge on any atom is -0.254 e. The SMILES string of the molecule is Cc1cnc(/C=N\[S@@](=O)C(C)(C)C)c(Br)c1. The third kappa shape index (κ3) is 3.79. The smallest absolute Gasteiger partial charge is 0.144 e. The van der Waals surface area contributed by atoms with E-state index in [0.29, 0.717) is 5.69 Å². The van der Waals surface area contributed by atoms with E-state index in [1.807, 2.05) is 33.8 Å². The summed E-state index contributed by atoms with van der Waals surface area (Å²) in [6.45, 7) is 7.63. The Hall–Kier alpha value is -0.550. The summed E-state index contributed by atoms with van der Waals surface area (Å²) in [4.78, 5) is 4.20. The number of hydrogen-bond acceptors (Lipinski definition) is 2. The Labute approximate surface area is 107 Å². The van der Waals surface area contributed by atoms with Gasteiger partial charge in [0.25, 0.3) is 0 Å². The molecule has 5 heteroatoms. The molecule has 0 saturated heterocycles. The summed E-state index contributed by atoms with van der Waals surface area (Å²) in [6, 6.07) is 1.95. The minimum atomic E-state index is -1.24. The number of aryl methyl sites for hydroxylation is 1. The van der Waals surface area contributed by atoms with Crippen LogP contribution in [0.3, 0.4) is 0 Å². The second kappa shape index (κ2) is 5.19. The Bertz CT molecular complexity index is 438. The number of halogens is 1. The molecule has 0 amide bonds. The minimum absolute atomic E-state index is 0.340. The number of pyridine rings is 1. The lowest BCUT2D eigenvalue weighted by Gasteiger charge is -2.12. The van der Waals surface area contributed by atoms with Gasteiger partial charge in [0, 0.05) is 10.7 Å². The van der Waals surface area contributed by atoms with Crippen LogP contribution in [0.4, 0.5) is 0 Å². The van der Waals surface area contributed by atoms with Crippen molar-refractivity contribution in [3.63, 3.8) is 0 Å². The summed E-state index contributed by atoms with van der Waals surface area (Å²) >= 11 is 3.39. The first-order valence-electron chi connectivity index (χ1n) is 4.89. The molecule has 0 spiro atoms. The van der Waals surface area contributed by atoms with E-state index in [2.05, 4.69) is 25.3 Å². The van der Waals surface area contributed by atoms with E-state index >= 15 is 0 Å². The average molecular weight is 303 g/mol. The maximum absolute atomic E-state index is 11.7. The van der Waals surface area contributed by atoms with Crippen molar-refractivity contribution in [2.45, 2.75) is 32.4 Å². The molecular weight excluding hydrogens is 288 g/mol. The first kappa shape index (κ1) is 13.5. The van der Waals surface area contributed by atoms with Crippen molar-refractivity contribution in [1.29, 1.82) is 0 Å². The van der Waals surface area contributed by atoms with Crippen LogP contribution in [0.1, 0.15) is 32.0 Å². The van der Waals surface area contributed by atoms with Gasteiger partial charge in [-0.1, -0.05) is 0 Å². The molecule has 88 valence electrons. The lowest BCUT2D eigenvalue weighted by molar-refractivity contribution is 0.651. The molecule has 1 heterocycles. The van der Waals surface area contributed by atoms with Gasteiger partial charge >= 0.3 is 0 Å². The molecule has 1 aromatic heterocycles. The molecule has 0 fully saturated rings. The molecule has 0 aliphatic carbocycles. The van der Waals surface area contributed by atoms with Gasteiger partial charge in [-0.2, -0.15) is 4.40 Å². The second-order valence-corrected chi connectivity index (χ2v) is 7.26. The summed E-state index contributed by atoms with van der Waals surface area (Å²) < 4.78 is 16.2. The first-order chi connectivity index (χ1) is 7.30. The van der Waals surface area contributed by atoms with Crippen LogP contribution in [0, 0.1) is 6.92 Å². The van der Waals surface area contributed by atoms with Crippen molar-refractivity contribution >= 4 is 33.1 Å².